The topological polar surface area (TPSA) is 59.1 Å². The van der Waals surface area contributed by atoms with Crippen LogP contribution < -0.4 is 5.32 Å². The molecule has 0 fully saturated rings. The SMILES string of the molecule is O=Cc1cc2c(NC(=O)c3ccccc3)nccc2s1. The molecule has 0 aliphatic heterocycles. The maximum atomic E-state index is 12.1. The molecule has 0 aliphatic rings. The first-order valence-electron chi connectivity index (χ1n) is 5.98. The number of hydrogen-bond acceptors (Lipinski definition) is 4. The molecule has 0 bridgehead atoms. The number of nitrogens with one attached hydrogen (secondary N) is 1. The van der Waals surface area contributed by atoms with Crippen molar-refractivity contribution in [2.75, 3.05) is 5.32 Å². The highest BCUT2D eigenvalue weighted by Crippen LogP contribution is 2.29. The normalized spacial score (nSPS) is 10.4. The van der Waals surface area contributed by atoms with Gasteiger partial charge in [0, 0.05) is 21.8 Å². The van der Waals surface area contributed by atoms with Crippen molar-refractivity contribution >= 4 is 39.4 Å². The molecule has 1 N–H and O–H groups in total. The van der Waals surface area contributed by atoms with Gasteiger partial charge in [-0.1, -0.05) is 18.2 Å². The standard InChI is InChI=1S/C15H10N2O2S/c18-9-11-8-12-13(20-11)6-7-16-14(12)17-15(19)10-4-2-1-3-5-10/h1-9H,(H,16,17,19). The first-order chi connectivity index (χ1) is 9.78. The Morgan fingerprint density at radius 2 is 2.00 bits per heavy atom. The Morgan fingerprint density at radius 1 is 1.20 bits per heavy atom. The average molecular weight is 282 g/mol. The molecule has 98 valence electrons. The molecule has 4 nitrogen and oxygen atoms in total. The molecule has 3 aromatic rings. The van der Waals surface area contributed by atoms with Crippen molar-refractivity contribution in [1.82, 2.24) is 4.98 Å². The van der Waals surface area contributed by atoms with Crippen LogP contribution in [-0.2, 0) is 0 Å². The first kappa shape index (κ1) is 12.5. The molecule has 0 saturated carbocycles. The van der Waals surface area contributed by atoms with E-state index in [1.54, 1.807) is 36.5 Å². The Kier molecular flexibility index (Phi) is 3.26. The van der Waals surface area contributed by atoms with E-state index in [1.807, 2.05) is 12.1 Å². The van der Waals surface area contributed by atoms with E-state index >= 15 is 0 Å². The van der Waals surface area contributed by atoms with Crippen LogP contribution in [0.5, 0.6) is 0 Å². The molecule has 5 heteroatoms. The number of aromatic nitrogens is 1. The van der Waals surface area contributed by atoms with Crippen molar-refractivity contribution in [2.45, 2.75) is 0 Å². The third kappa shape index (κ3) is 2.31. The van der Waals surface area contributed by atoms with Gasteiger partial charge in [0.2, 0.25) is 0 Å². The van der Waals surface area contributed by atoms with Crippen molar-refractivity contribution < 1.29 is 9.59 Å². The van der Waals surface area contributed by atoms with E-state index in [-0.39, 0.29) is 5.91 Å². The van der Waals surface area contributed by atoms with E-state index in [0.717, 1.165) is 16.4 Å². The second-order valence-electron chi connectivity index (χ2n) is 4.16. The van der Waals surface area contributed by atoms with Crippen LogP contribution in [-0.4, -0.2) is 17.2 Å². The van der Waals surface area contributed by atoms with Gasteiger partial charge in [-0.3, -0.25) is 9.59 Å². The number of carbonyl (C=O) groups is 2. The Balaban J connectivity index is 1.96. The smallest absolute Gasteiger partial charge is 0.256 e. The molecule has 1 aromatic carbocycles. The van der Waals surface area contributed by atoms with Gasteiger partial charge in [-0.15, -0.1) is 11.3 Å². The number of pyridine rings is 1. The summed E-state index contributed by atoms with van der Waals surface area (Å²) in [5, 5.41) is 3.56. The summed E-state index contributed by atoms with van der Waals surface area (Å²) >= 11 is 1.37. The lowest BCUT2D eigenvalue weighted by Gasteiger charge is -2.05. The average Bonchev–Trinajstić information content (AvgIpc) is 2.92. The maximum absolute atomic E-state index is 12.1. The Labute approximate surface area is 119 Å². The van der Waals surface area contributed by atoms with Crippen LogP contribution in [0.2, 0.25) is 0 Å². The summed E-state index contributed by atoms with van der Waals surface area (Å²) < 4.78 is 0.922. The number of amides is 1. The highest BCUT2D eigenvalue weighted by atomic mass is 32.1. The number of thiophene rings is 1. The molecule has 0 radical (unpaired) electrons. The van der Waals surface area contributed by atoms with E-state index in [9.17, 15) is 9.59 Å². The predicted molar refractivity (Wildman–Crippen MR) is 79.4 cm³/mol. The van der Waals surface area contributed by atoms with E-state index in [4.69, 9.17) is 0 Å². The van der Waals surface area contributed by atoms with Crippen LogP contribution >= 0.6 is 11.3 Å². The number of aldehydes is 1. The Morgan fingerprint density at radius 3 is 2.75 bits per heavy atom. The van der Waals surface area contributed by atoms with Gasteiger partial charge in [-0.05, 0) is 24.3 Å². The highest BCUT2D eigenvalue weighted by molar-refractivity contribution is 7.20. The van der Waals surface area contributed by atoms with Gasteiger partial charge in [0.15, 0.2) is 6.29 Å². The van der Waals surface area contributed by atoms with Crippen molar-refractivity contribution in [2.24, 2.45) is 0 Å². The van der Waals surface area contributed by atoms with Crippen LogP contribution in [0.1, 0.15) is 20.0 Å². The van der Waals surface area contributed by atoms with Crippen molar-refractivity contribution in [3.05, 3.63) is 59.1 Å². The molecule has 2 heterocycles. The Hall–Kier alpha value is -2.53. The van der Waals surface area contributed by atoms with Gasteiger partial charge in [-0.2, -0.15) is 0 Å². The van der Waals surface area contributed by atoms with Crippen LogP contribution in [0, 0.1) is 0 Å². The van der Waals surface area contributed by atoms with Crippen molar-refractivity contribution in [1.29, 1.82) is 0 Å². The minimum absolute atomic E-state index is 0.218. The van der Waals surface area contributed by atoms with Gasteiger partial charge in [0.25, 0.3) is 5.91 Å². The number of fused-ring (bicyclic) bond motifs is 1. The summed E-state index contributed by atoms with van der Waals surface area (Å²) in [7, 11) is 0. The molecule has 0 atom stereocenters. The number of rotatable bonds is 3. The molecule has 2 aromatic heterocycles. The van der Waals surface area contributed by atoms with E-state index in [2.05, 4.69) is 10.3 Å². The summed E-state index contributed by atoms with van der Waals surface area (Å²) in [6, 6.07) is 12.5. The summed E-state index contributed by atoms with van der Waals surface area (Å²) in [6.07, 6.45) is 2.42. The quantitative estimate of drug-likeness (QED) is 0.749. The molecule has 0 aliphatic carbocycles. The maximum Gasteiger partial charge on any atom is 0.256 e. The number of carbonyl (C=O) groups excluding carboxylic acids is 2. The lowest BCUT2D eigenvalue weighted by molar-refractivity contribution is 0.102. The zero-order valence-electron chi connectivity index (χ0n) is 10.4. The zero-order chi connectivity index (χ0) is 13.9. The monoisotopic (exact) mass is 282 g/mol. The fraction of sp³-hybridized carbons (Fsp3) is 0. The van der Waals surface area contributed by atoms with Crippen LogP contribution in [0.15, 0.2) is 48.7 Å². The van der Waals surface area contributed by atoms with Crippen LogP contribution in [0.3, 0.4) is 0 Å². The molecule has 20 heavy (non-hydrogen) atoms. The Bertz CT molecular complexity index is 781. The van der Waals surface area contributed by atoms with Gasteiger partial charge in [0.1, 0.15) is 5.82 Å². The van der Waals surface area contributed by atoms with Gasteiger partial charge >= 0.3 is 0 Å². The first-order valence-corrected chi connectivity index (χ1v) is 6.80. The van der Waals surface area contributed by atoms with Gasteiger partial charge in [-0.25, -0.2) is 4.98 Å². The van der Waals surface area contributed by atoms with E-state index < -0.39 is 0 Å². The molecular formula is C15H10N2O2S. The van der Waals surface area contributed by atoms with Crippen molar-refractivity contribution in [3.8, 4) is 0 Å². The molecular weight excluding hydrogens is 272 g/mol. The second kappa shape index (κ2) is 5.22. The number of hydrogen-bond donors (Lipinski definition) is 1. The zero-order valence-corrected chi connectivity index (χ0v) is 11.2. The largest absolute Gasteiger partial charge is 0.306 e. The summed E-state index contributed by atoms with van der Waals surface area (Å²) in [5.74, 6) is 0.255. The third-order valence-corrected chi connectivity index (χ3v) is 3.87. The minimum Gasteiger partial charge on any atom is -0.306 e. The summed E-state index contributed by atoms with van der Waals surface area (Å²) in [6.45, 7) is 0. The third-order valence-electron chi connectivity index (χ3n) is 2.85. The molecule has 1 amide bonds. The van der Waals surface area contributed by atoms with Crippen LogP contribution in [0.4, 0.5) is 5.82 Å². The highest BCUT2D eigenvalue weighted by Gasteiger charge is 2.11. The molecule has 0 saturated heterocycles. The molecule has 0 unspecified atom stereocenters. The summed E-state index contributed by atoms with van der Waals surface area (Å²) in [5.41, 5.74) is 0.567. The fourth-order valence-corrected chi connectivity index (χ4v) is 2.78. The number of nitrogens with zero attached hydrogens (tertiary/aromatic N) is 1. The summed E-state index contributed by atoms with van der Waals surface area (Å²) in [4.78, 5) is 27.7. The van der Waals surface area contributed by atoms with Crippen molar-refractivity contribution in [3.63, 3.8) is 0 Å². The lowest BCUT2D eigenvalue weighted by Crippen LogP contribution is -2.12. The minimum atomic E-state index is -0.218. The second-order valence-corrected chi connectivity index (χ2v) is 5.27. The van der Waals surface area contributed by atoms with Gasteiger partial charge < -0.3 is 5.32 Å². The van der Waals surface area contributed by atoms with Gasteiger partial charge in [0.05, 0.1) is 4.88 Å². The van der Waals surface area contributed by atoms with E-state index in [1.165, 1.54) is 11.3 Å². The molecule has 3 rings (SSSR count). The molecule has 0 spiro atoms. The van der Waals surface area contributed by atoms with Crippen LogP contribution in [0.25, 0.3) is 10.1 Å². The number of anilines is 1. The fourth-order valence-electron chi connectivity index (χ4n) is 1.91. The predicted octanol–water partition coefficient (Wildman–Crippen LogP) is 3.36. The number of benzene rings is 1. The lowest BCUT2D eigenvalue weighted by atomic mass is 10.2. The van der Waals surface area contributed by atoms with E-state index in [0.29, 0.717) is 16.3 Å².